The minimum atomic E-state index is -4.41. The maximum absolute atomic E-state index is 12.4. The summed E-state index contributed by atoms with van der Waals surface area (Å²) in [6, 6.07) is 7.67. The number of aromatic nitrogens is 2. The molecule has 13 heteroatoms. The van der Waals surface area contributed by atoms with E-state index < -0.39 is 22.0 Å². The zero-order valence-corrected chi connectivity index (χ0v) is 19.0. The molecule has 2 saturated heterocycles. The smallest absolute Gasteiger partial charge is 0.369 e. The molecule has 2 fully saturated rings. The van der Waals surface area contributed by atoms with E-state index in [1.54, 1.807) is 17.0 Å². The van der Waals surface area contributed by atoms with Gasteiger partial charge in [0.25, 0.3) is 10.1 Å². The number of benzene rings is 1. The molecule has 1 aromatic carbocycles. The fourth-order valence-corrected chi connectivity index (χ4v) is 4.03. The third-order valence-corrected chi connectivity index (χ3v) is 6.45. The molecule has 2 aliphatic heterocycles. The molecule has 9 nitrogen and oxygen atoms in total. The van der Waals surface area contributed by atoms with Crippen LogP contribution in [0.2, 0.25) is 0 Å². The minimum Gasteiger partial charge on any atom is -0.369 e. The number of alkyl halides is 3. The van der Waals surface area contributed by atoms with Gasteiger partial charge in [-0.3, -0.25) is 4.18 Å². The number of hydrogen-bond acceptors (Lipinski definition) is 9. The van der Waals surface area contributed by atoms with Crippen molar-refractivity contribution in [2.75, 3.05) is 69.3 Å². The van der Waals surface area contributed by atoms with Crippen molar-refractivity contribution in [1.82, 2.24) is 20.6 Å². The molecule has 2 N–H and O–H groups in total. The lowest BCUT2D eigenvalue weighted by molar-refractivity contribution is -0.141. The Hall–Kier alpha value is -2.48. The van der Waals surface area contributed by atoms with Crippen LogP contribution in [0.4, 0.5) is 24.8 Å². The maximum atomic E-state index is 12.4. The van der Waals surface area contributed by atoms with E-state index in [1.165, 1.54) is 7.11 Å². The van der Waals surface area contributed by atoms with E-state index in [9.17, 15) is 21.6 Å². The molecule has 3 heterocycles. The normalized spacial score (nSPS) is 17.3. The van der Waals surface area contributed by atoms with Crippen LogP contribution in [0.5, 0.6) is 0 Å². The first-order chi connectivity index (χ1) is 15.7. The molecule has 0 atom stereocenters. The highest BCUT2D eigenvalue weighted by molar-refractivity contribution is 7.86. The largest absolute Gasteiger partial charge is 0.433 e. The number of rotatable bonds is 4. The Morgan fingerprint density at radius 2 is 1.45 bits per heavy atom. The molecule has 0 aliphatic carbocycles. The van der Waals surface area contributed by atoms with Crippen molar-refractivity contribution < 1.29 is 25.8 Å². The van der Waals surface area contributed by atoms with Crippen molar-refractivity contribution in [3.8, 4) is 0 Å². The fourth-order valence-electron chi connectivity index (χ4n) is 3.37. The minimum absolute atomic E-state index is 0.149. The predicted molar refractivity (Wildman–Crippen MR) is 118 cm³/mol. The predicted octanol–water partition coefficient (Wildman–Crippen LogP) is 1.34. The van der Waals surface area contributed by atoms with Crippen molar-refractivity contribution >= 4 is 21.8 Å². The third-order valence-electron chi connectivity index (χ3n) is 5.16. The van der Waals surface area contributed by atoms with Gasteiger partial charge in [-0.25, -0.2) is 9.97 Å². The molecule has 0 amide bonds. The Balaban J connectivity index is 0.000000186. The van der Waals surface area contributed by atoms with E-state index in [-0.39, 0.29) is 10.8 Å². The quantitative estimate of drug-likeness (QED) is 0.618. The van der Waals surface area contributed by atoms with Crippen LogP contribution in [0.25, 0.3) is 0 Å². The van der Waals surface area contributed by atoms with Gasteiger partial charge in [0.05, 0.1) is 12.0 Å². The van der Waals surface area contributed by atoms with Crippen LogP contribution in [0.15, 0.2) is 41.4 Å². The van der Waals surface area contributed by atoms with Gasteiger partial charge in [-0.1, -0.05) is 0 Å². The molecule has 0 bridgehead atoms. The topological polar surface area (TPSA) is 99.7 Å². The summed E-state index contributed by atoms with van der Waals surface area (Å²) in [7, 11) is -2.41. The average molecular weight is 489 g/mol. The van der Waals surface area contributed by atoms with Gasteiger partial charge in [0.1, 0.15) is 5.69 Å². The highest BCUT2D eigenvalue weighted by Crippen LogP contribution is 2.28. The van der Waals surface area contributed by atoms with Gasteiger partial charge >= 0.3 is 6.18 Å². The molecule has 0 saturated carbocycles. The fraction of sp³-hybridized carbons (Fsp3) is 0.500. The molecule has 182 valence electrons. The Morgan fingerprint density at radius 3 is 1.97 bits per heavy atom. The Labute approximate surface area is 191 Å². The summed E-state index contributed by atoms with van der Waals surface area (Å²) in [5.74, 6) is 0.149. The molecule has 0 unspecified atom stereocenters. The highest BCUT2D eigenvalue weighted by atomic mass is 32.2. The van der Waals surface area contributed by atoms with Gasteiger partial charge in [0, 0.05) is 64.2 Å². The molecule has 33 heavy (non-hydrogen) atoms. The van der Waals surface area contributed by atoms with Crippen molar-refractivity contribution in [3.63, 3.8) is 0 Å². The molecule has 4 rings (SSSR count). The van der Waals surface area contributed by atoms with Crippen LogP contribution >= 0.6 is 0 Å². The number of halogens is 3. The van der Waals surface area contributed by atoms with Crippen LogP contribution < -0.4 is 20.4 Å². The molecule has 1 aromatic heterocycles. The number of nitrogens with one attached hydrogen (secondary N) is 2. The summed E-state index contributed by atoms with van der Waals surface area (Å²) >= 11 is 0. The Morgan fingerprint density at radius 1 is 0.909 bits per heavy atom. The van der Waals surface area contributed by atoms with Crippen molar-refractivity contribution in [3.05, 3.63) is 42.2 Å². The van der Waals surface area contributed by atoms with Crippen molar-refractivity contribution in [2.45, 2.75) is 11.1 Å². The molecule has 0 radical (unpaired) electrons. The van der Waals surface area contributed by atoms with Gasteiger partial charge in [-0.05, 0) is 30.3 Å². The van der Waals surface area contributed by atoms with E-state index in [1.807, 2.05) is 12.1 Å². The maximum Gasteiger partial charge on any atom is 0.433 e. The van der Waals surface area contributed by atoms with E-state index in [0.717, 1.165) is 57.2 Å². The summed E-state index contributed by atoms with van der Waals surface area (Å²) in [6.07, 6.45) is -3.26. The van der Waals surface area contributed by atoms with Crippen LogP contribution in [-0.2, 0) is 20.5 Å². The first-order valence-corrected chi connectivity index (χ1v) is 11.8. The number of hydrogen-bond donors (Lipinski definition) is 2. The Kier molecular flexibility index (Phi) is 8.46. The standard InChI is InChI=1S/C11H16N2O3S.C9H11F3N4/c1-16-17(14,15)11-4-2-10(3-5-11)13-8-6-12-7-9-13;10-9(11,12)7-1-2-14-8(15-7)16-5-3-13-4-6-16/h2-5,12H,6-9H2,1H3;1-2,13H,3-6H2. The molecule has 2 aliphatic rings. The van der Waals surface area contributed by atoms with Crippen LogP contribution in [-0.4, -0.2) is 77.9 Å². The lowest BCUT2D eigenvalue weighted by Crippen LogP contribution is -2.44. The number of piperazine rings is 2. The van der Waals surface area contributed by atoms with Gasteiger partial charge in [-0.2, -0.15) is 21.6 Å². The van der Waals surface area contributed by atoms with Gasteiger partial charge in [0.15, 0.2) is 0 Å². The SMILES string of the molecule is COS(=O)(=O)c1ccc(N2CCNCC2)cc1.FC(F)(F)c1ccnc(N2CCNCC2)n1. The summed E-state index contributed by atoms with van der Waals surface area (Å²) in [5.41, 5.74) is 0.151. The van der Waals surface area contributed by atoms with E-state index >= 15 is 0 Å². The lowest BCUT2D eigenvalue weighted by atomic mass is 10.2. The second kappa shape index (κ2) is 11.1. The molecular formula is C20H27F3N6O3S. The molecular weight excluding hydrogens is 461 g/mol. The zero-order chi connectivity index (χ0) is 23.9. The van der Waals surface area contributed by atoms with E-state index in [0.29, 0.717) is 13.1 Å². The van der Waals surface area contributed by atoms with E-state index in [4.69, 9.17) is 0 Å². The summed E-state index contributed by atoms with van der Waals surface area (Å²) in [6.45, 7) is 6.52. The molecule has 0 spiro atoms. The van der Waals surface area contributed by atoms with Crippen molar-refractivity contribution in [2.24, 2.45) is 0 Å². The van der Waals surface area contributed by atoms with Crippen LogP contribution in [0.3, 0.4) is 0 Å². The second-order valence-electron chi connectivity index (χ2n) is 7.33. The average Bonchev–Trinajstić information content (AvgIpc) is 2.85. The molecule has 2 aromatic rings. The first-order valence-electron chi connectivity index (χ1n) is 10.4. The lowest BCUT2D eigenvalue weighted by Gasteiger charge is -2.29. The van der Waals surface area contributed by atoms with E-state index in [2.05, 4.69) is 29.7 Å². The number of nitrogens with zero attached hydrogens (tertiary/aromatic N) is 4. The number of anilines is 2. The Bertz CT molecular complexity index is 993. The van der Waals surface area contributed by atoms with Crippen LogP contribution in [0, 0.1) is 0 Å². The van der Waals surface area contributed by atoms with Gasteiger partial charge in [0.2, 0.25) is 5.95 Å². The zero-order valence-electron chi connectivity index (χ0n) is 18.2. The monoisotopic (exact) mass is 488 g/mol. The summed E-state index contributed by atoms with van der Waals surface area (Å²) < 4.78 is 64.6. The van der Waals surface area contributed by atoms with Crippen molar-refractivity contribution in [1.29, 1.82) is 0 Å². The van der Waals surface area contributed by atoms with Gasteiger partial charge in [-0.15, -0.1) is 0 Å². The second-order valence-corrected chi connectivity index (χ2v) is 9.04. The summed E-state index contributed by atoms with van der Waals surface area (Å²) in [4.78, 5) is 11.6. The van der Waals surface area contributed by atoms with Gasteiger partial charge < -0.3 is 20.4 Å². The third kappa shape index (κ3) is 7.00. The highest BCUT2D eigenvalue weighted by Gasteiger charge is 2.33. The summed E-state index contributed by atoms with van der Waals surface area (Å²) in [5, 5.41) is 6.38. The van der Waals surface area contributed by atoms with Crippen LogP contribution in [0.1, 0.15) is 5.69 Å². The first kappa shape index (κ1) is 25.1.